The van der Waals surface area contributed by atoms with Crippen LogP contribution in [0.2, 0.25) is 0 Å². The third-order valence-corrected chi connectivity index (χ3v) is 5.61. The van der Waals surface area contributed by atoms with Crippen LogP contribution in [0.15, 0.2) is 97.5 Å². The van der Waals surface area contributed by atoms with E-state index in [1.165, 1.54) is 47.8 Å². The number of carbonyl (C=O) groups is 2. The molecule has 6 nitrogen and oxygen atoms in total. The van der Waals surface area contributed by atoms with Crippen molar-refractivity contribution in [3.8, 4) is 0 Å². The maximum Gasteiger partial charge on any atom is 0.275 e. The van der Waals surface area contributed by atoms with Crippen molar-refractivity contribution < 1.29 is 14.0 Å². The monoisotopic (exact) mass is 468 g/mol. The van der Waals surface area contributed by atoms with E-state index in [1.807, 2.05) is 61.5 Å². The number of rotatable bonds is 8. The van der Waals surface area contributed by atoms with Gasteiger partial charge in [-0.2, -0.15) is 0 Å². The zero-order valence-corrected chi connectivity index (χ0v) is 19.3. The quantitative estimate of drug-likeness (QED) is 0.386. The number of benzene rings is 3. The van der Waals surface area contributed by atoms with Gasteiger partial charge >= 0.3 is 0 Å². The molecule has 1 N–H and O–H groups in total. The Morgan fingerprint density at radius 3 is 2.26 bits per heavy atom. The second-order valence-corrected chi connectivity index (χ2v) is 8.00. The molecule has 1 aromatic heterocycles. The van der Waals surface area contributed by atoms with E-state index in [0.29, 0.717) is 11.3 Å². The molecule has 0 aliphatic rings. The molecule has 0 aliphatic carbocycles. The molecule has 1 atom stereocenters. The van der Waals surface area contributed by atoms with Gasteiger partial charge in [-0.15, -0.1) is 0 Å². The lowest BCUT2D eigenvalue weighted by Gasteiger charge is -2.31. The molecule has 2 amide bonds. The lowest BCUT2D eigenvalue weighted by atomic mass is 10.00. The van der Waals surface area contributed by atoms with Crippen LogP contribution in [0.4, 0.5) is 10.1 Å². The Morgan fingerprint density at radius 1 is 0.914 bits per heavy atom. The number of nitrogens with zero attached hydrogens (tertiary/aromatic N) is 3. The van der Waals surface area contributed by atoms with E-state index < -0.39 is 23.7 Å². The smallest absolute Gasteiger partial charge is 0.275 e. The SMILES string of the molecule is CCc1ccc([C@@H](C(=O)Nc2ccc(F)cc2)N(Cc2ccccc2)C(=O)c2cnccn2)cc1. The Kier molecular flexibility index (Phi) is 7.57. The van der Waals surface area contributed by atoms with Gasteiger partial charge in [0.05, 0.1) is 6.20 Å². The number of hydrogen-bond acceptors (Lipinski definition) is 4. The highest BCUT2D eigenvalue weighted by atomic mass is 19.1. The summed E-state index contributed by atoms with van der Waals surface area (Å²) in [6.07, 6.45) is 5.16. The van der Waals surface area contributed by atoms with Gasteiger partial charge in [-0.3, -0.25) is 14.6 Å². The largest absolute Gasteiger partial charge is 0.324 e. The highest BCUT2D eigenvalue weighted by molar-refractivity contribution is 6.00. The average molecular weight is 469 g/mol. The maximum atomic E-state index is 13.7. The Labute approximate surface area is 203 Å². The molecule has 0 fully saturated rings. The molecule has 4 rings (SSSR count). The van der Waals surface area contributed by atoms with Crippen LogP contribution < -0.4 is 5.32 Å². The number of hydrogen-bond donors (Lipinski definition) is 1. The molecule has 0 bridgehead atoms. The van der Waals surface area contributed by atoms with E-state index in [9.17, 15) is 14.0 Å². The third kappa shape index (κ3) is 5.95. The van der Waals surface area contributed by atoms with Crippen molar-refractivity contribution in [1.29, 1.82) is 0 Å². The first-order chi connectivity index (χ1) is 17.0. The fourth-order valence-corrected chi connectivity index (χ4v) is 3.77. The fourth-order valence-electron chi connectivity index (χ4n) is 3.77. The molecule has 3 aromatic carbocycles. The molecular weight excluding hydrogens is 443 g/mol. The number of aryl methyl sites for hydroxylation is 1. The van der Waals surface area contributed by atoms with E-state index in [1.54, 1.807) is 0 Å². The van der Waals surface area contributed by atoms with Gasteiger partial charge in [-0.1, -0.05) is 61.5 Å². The van der Waals surface area contributed by atoms with Gasteiger partial charge < -0.3 is 10.2 Å². The lowest BCUT2D eigenvalue weighted by Crippen LogP contribution is -2.41. The van der Waals surface area contributed by atoms with Gasteiger partial charge in [0, 0.05) is 24.6 Å². The summed E-state index contributed by atoms with van der Waals surface area (Å²) in [7, 11) is 0. The van der Waals surface area contributed by atoms with Crippen molar-refractivity contribution in [2.75, 3.05) is 5.32 Å². The number of carbonyl (C=O) groups excluding carboxylic acids is 2. The van der Waals surface area contributed by atoms with Crippen molar-refractivity contribution in [2.24, 2.45) is 0 Å². The van der Waals surface area contributed by atoms with Crippen LogP contribution in [0, 0.1) is 5.82 Å². The zero-order valence-electron chi connectivity index (χ0n) is 19.3. The molecule has 0 aliphatic heterocycles. The van der Waals surface area contributed by atoms with Crippen molar-refractivity contribution in [2.45, 2.75) is 25.9 Å². The lowest BCUT2D eigenvalue weighted by molar-refractivity contribution is -0.121. The van der Waals surface area contributed by atoms with Gasteiger partial charge in [0.1, 0.15) is 17.6 Å². The van der Waals surface area contributed by atoms with Crippen LogP contribution >= 0.6 is 0 Å². The normalized spacial score (nSPS) is 11.5. The van der Waals surface area contributed by atoms with Crippen LogP contribution in [-0.2, 0) is 17.8 Å². The van der Waals surface area contributed by atoms with Crippen molar-refractivity contribution >= 4 is 17.5 Å². The molecule has 35 heavy (non-hydrogen) atoms. The van der Waals surface area contributed by atoms with Gasteiger partial charge in [-0.25, -0.2) is 9.37 Å². The Balaban J connectivity index is 1.77. The summed E-state index contributed by atoms with van der Waals surface area (Å²) in [5, 5.41) is 2.83. The van der Waals surface area contributed by atoms with Crippen molar-refractivity contribution in [1.82, 2.24) is 14.9 Å². The van der Waals surface area contributed by atoms with E-state index >= 15 is 0 Å². The Bertz CT molecular complexity index is 1260. The Hall–Kier alpha value is -4.39. The second-order valence-electron chi connectivity index (χ2n) is 8.00. The molecule has 1 heterocycles. The zero-order chi connectivity index (χ0) is 24.6. The summed E-state index contributed by atoms with van der Waals surface area (Å²) in [6.45, 7) is 2.22. The minimum Gasteiger partial charge on any atom is -0.324 e. The topological polar surface area (TPSA) is 75.2 Å². The minimum atomic E-state index is -0.972. The molecule has 176 valence electrons. The van der Waals surface area contributed by atoms with Crippen LogP contribution in [0.1, 0.15) is 40.1 Å². The first-order valence-corrected chi connectivity index (χ1v) is 11.3. The average Bonchev–Trinajstić information content (AvgIpc) is 2.90. The van der Waals surface area contributed by atoms with E-state index in [2.05, 4.69) is 15.3 Å². The number of anilines is 1. The molecule has 0 saturated carbocycles. The van der Waals surface area contributed by atoms with Crippen LogP contribution in [0.5, 0.6) is 0 Å². The predicted octanol–water partition coefficient (Wildman–Crippen LogP) is 5.20. The summed E-state index contributed by atoms with van der Waals surface area (Å²) < 4.78 is 13.4. The first-order valence-electron chi connectivity index (χ1n) is 11.3. The van der Waals surface area contributed by atoms with Gasteiger partial charge in [0.2, 0.25) is 0 Å². The predicted molar refractivity (Wildman–Crippen MR) is 132 cm³/mol. The van der Waals surface area contributed by atoms with E-state index in [-0.39, 0.29) is 12.2 Å². The first kappa shape index (κ1) is 23.8. The highest BCUT2D eigenvalue weighted by Crippen LogP contribution is 2.27. The molecule has 7 heteroatoms. The number of nitrogens with one attached hydrogen (secondary N) is 1. The maximum absolute atomic E-state index is 13.7. The molecule has 4 aromatic rings. The third-order valence-electron chi connectivity index (χ3n) is 5.61. The highest BCUT2D eigenvalue weighted by Gasteiger charge is 2.33. The second kappa shape index (κ2) is 11.2. The number of aromatic nitrogens is 2. The fraction of sp³-hybridized carbons (Fsp3) is 0.143. The standard InChI is InChI=1S/C28H25FN4O2/c1-2-20-8-10-22(11-9-20)26(27(34)32-24-14-12-23(29)13-15-24)33(19-21-6-4-3-5-7-21)28(35)25-18-30-16-17-31-25/h3-18,26H,2,19H2,1H3,(H,32,34)/t26-/m0/s1. The molecule has 0 radical (unpaired) electrons. The van der Waals surface area contributed by atoms with Crippen molar-refractivity contribution in [3.63, 3.8) is 0 Å². The summed E-state index contributed by atoms with van der Waals surface area (Å²) in [5.41, 5.74) is 3.18. The summed E-state index contributed by atoms with van der Waals surface area (Å²) >= 11 is 0. The molecule has 0 spiro atoms. The number of halogens is 1. The van der Waals surface area contributed by atoms with Gasteiger partial charge in [-0.05, 0) is 47.4 Å². The number of amides is 2. The van der Waals surface area contributed by atoms with Gasteiger partial charge in [0.25, 0.3) is 11.8 Å². The van der Waals surface area contributed by atoms with E-state index in [0.717, 1.165) is 17.5 Å². The minimum absolute atomic E-state index is 0.133. The van der Waals surface area contributed by atoms with E-state index in [4.69, 9.17) is 0 Å². The summed E-state index contributed by atoms with van der Waals surface area (Å²) in [4.78, 5) is 37.0. The summed E-state index contributed by atoms with van der Waals surface area (Å²) in [6, 6.07) is 21.6. The Morgan fingerprint density at radius 2 is 1.63 bits per heavy atom. The van der Waals surface area contributed by atoms with Crippen molar-refractivity contribution in [3.05, 3.63) is 126 Å². The van der Waals surface area contributed by atoms with Gasteiger partial charge in [0.15, 0.2) is 0 Å². The van der Waals surface area contributed by atoms with Crippen LogP contribution in [0.3, 0.4) is 0 Å². The molecular formula is C28H25FN4O2. The molecule has 0 saturated heterocycles. The van der Waals surface area contributed by atoms with Crippen LogP contribution in [-0.4, -0.2) is 26.7 Å². The van der Waals surface area contributed by atoms with Crippen LogP contribution in [0.25, 0.3) is 0 Å². The summed E-state index contributed by atoms with van der Waals surface area (Å²) in [5.74, 6) is -1.26. The molecule has 0 unspecified atom stereocenters.